The van der Waals surface area contributed by atoms with Gasteiger partial charge in [0.05, 0.1) is 6.20 Å². The largest absolute Gasteiger partial charge is 0.490 e. The quantitative estimate of drug-likeness (QED) is 0.750. The van der Waals surface area contributed by atoms with Gasteiger partial charge in [-0.25, -0.2) is 4.68 Å². The Morgan fingerprint density at radius 2 is 2.15 bits per heavy atom. The normalized spacial score (nSPS) is 12.0. The van der Waals surface area contributed by atoms with Gasteiger partial charge >= 0.3 is 0 Å². The molecule has 2 N–H and O–H groups in total. The molecule has 0 radical (unpaired) electrons. The van der Waals surface area contributed by atoms with Gasteiger partial charge in [0.15, 0.2) is 0 Å². The second kappa shape index (κ2) is 7.64. The van der Waals surface area contributed by atoms with Crippen molar-refractivity contribution in [1.82, 2.24) is 14.7 Å². The molecule has 0 saturated carbocycles. The van der Waals surface area contributed by atoms with Crippen LogP contribution in [0.25, 0.3) is 0 Å². The van der Waals surface area contributed by atoms with Crippen molar-refractivity contribution < 1.29 is 9.53 Å². The van der Waals surface area contributed by atoms with Gasteiger partial charge in [0.2, 0.25) is 5.91 Å². The molecule has 0 aliphatic carbocycles. The number of nitrogens with two attached hydrogens (primary N) is 1. The molecule has 0 aliphatic heterocycles. The van der Waals surface area contributed by atoms with Crippen LogP contribution < -0.4 is 16.0 Å². The number of nitrogens with zero attached hydrogens (tertiary/aromatic N) is 3. The van der Waals surface area contributed by atoms with Gasteiger partial charge in [0.25, 0.3) is 5.56 Å². The first-order valence-electron chi connectivity index (χ1n) is 6.71. The molecule has 20 heavy (non-hydrogen) atoms. The SMILES string of the molecule is CCN(CC)C(=O)Cn1ncc(OCC(C)N)cc1=O. The number of amides is 1. The first-order chi connectivity index (χ1) is 9.47. The number of likely N-dealkylation sites (N-methyl/N-ethyl adjacent to an activating group) is 1. The van der Waals surface area contributed by atoms with Gasteiger partial charge in [-0.3, -0.25) is 9.59 Å². The number of carbonyl (C=O) groups excluding carboxylic acids is 1. The molecule has 7 heteroatoms. The molecule has 1 unspecified atom stereocenters. The first-order valence-corrected chi connectivity index (χ1v) is 6.71. The maximum atomic E-state index is 11.9. The Balaban J connectivity index is 2.73. The second-order valence-electron chi connectivity index (χ2n) is 4.54. The monoisotopic (exact) mass is 282 g/mol. The summed E-state index contributed by atoms with van der Waals surface area (Å²) in [4.78, 5) is 25.4. The lowest BCUT2D eigenvalue weighted by Crippen LogP contribution is -2.37. The van der Waals surface area contributed by atoms with E-state index in [1.54, 1.807) is 11.8 Å². The van der Waals surface area contributed by atoms with E-state index in [0.29, 0.717) is 25.4 Å². The van der Waals surface area contributed by atoms with Crippen LogP contribution in [-0.4, -0.2) is 46.3 Å². The van der Waals surface area contributed by atoms with Crippen molar-refractivity contribution in [2.75, 3.05) is 19.7 Å². The molecule has 0 bridgehead atoms. The smallest absolute Gasteiger partial charge is 0.270 e. The number of hydrogen-bond acceptors (Lipinski definition) is 5. The summed E-state index contributed by atoms with van der Waals surface area (Å²) in [5, 5.41) is 3.94. The maximum absolute atomic E-state index is 11.9. The summed E-state index contributed by atoms with van der Waals surface area (Å²) < 4.78 is 6.43. The van der Waals surface area contributed by atoms with Gasteiger partial charge in [-0.2, -0.15) is 5.10 Å². The standard InChI is InChI=1S/C13H22N4O3/c1-4-16(5-2)13(19)8-17-12(18)6-11(7-15-17)20-9-10(3)14/h6-7,10H,4-5,8-9,14H2,1-3H3. The lowest BCUT2D eigenvalue weighted by molar-refractivity contribution is -0.131. The van der Waals surface area contributed by atoms with Crippen LogP contribution in [0.4, 0.5) is 0 Å². The molecule has 1 aromatic heterocycles. The van der Waals surface area contributed by atoms with Crippen molar-refractivity contribution >= 4 is 5.91 Å². The summed E-state index contributed by atoms with van der Waals surface area (Å²) in [5.74, 6) is 0.229. The highest BCUT2D eigenvalue weighted by atomic mass is 16.5. The molecule has 1 rings (SSSR count). The predicted octanol–water partition coefficient (Wildman–Crippen LogP) is -0.162. The highest BCUT2D eigenvalue weighted by Gasteiger charge is 2.12. The summed E-state index contributed by atoms with van der Waals surface area (Å²) >= 11 is 0. The molecule has 1 atom stereocenters. The fourth-order valence-electron chi connectivity index (χ4n) is 1.65. The van der Waals surface area contributed by atoms with E-state index in [9.17, 15) is 9.59 Å². The molecule has 0 saturated heterocycles. The lowest BCUT2D eigenvalue weighted by Gasteiger charge is -2.18. The van der Waals surface area contributed by atoms with E-state index in [4.69, 9.17) is 10.5 Å². The van der Waals surface area contributed by atoms with E-state index in [2.05, 4.69) is 5.10 Å². The molecule has 0 aliphatic rings. The second-order valence-corrected chi connectivity index (χ2v) is 4.54. The third kappa shape index (κ3) is 4.65. The Bertz CT molecular complexity index is 495. The molecule has 0 aromatic carbocycles. The molecule has 1 heterocycles. The molecule has 0 fully saturated rings. The van der Waals surface area contributed by atoms with Gasteiger partial charge in [-0.15, -0.1) is 0 Å². The number of rotatable bonds is 7. The Morgan fingerprint density at radius 1 is 1.50 bits per heavy atom. The Morgan fingerprint density at radius 3 is 2.65 bits per heavy atom. The Kier molecular flexibility index (Phi) is 6.17. The minimum Gasteiger partial charge on any atom is -0.490 e. The summed E-state index contributed by atoms with van der Waals surface area (Å²) in [6.07, 6.45) is 1.42. The number of aromatic nitrogens is 2. The first kappa shape index (κ1) is 16.2. The Labute approximate surface area is 118 Å². The van der Waals surface area contributed by atoms with Gasteiger partial charge in [0, 0.05) is 25.2 Å². The van der Waals surface area contributed by atoms with Crippen molar-refractivity contribution in [2.45, 2.75) is 33.4 Å². The van der Waals surface area contributed by atoms with E-state index in [0.717, 1.165) is 4.68 Å². The van der Waals surface area contributed by atoms with Crippen molar-refractivity contribution in [3.63, 3.8) is 0 Å². The third-order valence-corrected chi connectivity index (χ3v) is 2.76. The Hall–Kier alpha value is -1.89. The van der Waals surface area contributed by atoms with E-state index >= 15 is 0 Å². The molecule has 1 aromatic rings. The highest BCUT2D eigenvalue weighted by Crippen LogP contribution is 2.03. The predicted molar refractivity (Wildman–Crippen MR) is 75.6 cm³/mol. The van der Waals surface area contributed by atoms with E-state index < -0.39 is 0 Å². The third-order valence-electron chi connectivity index (χ3n) is 2.76. The zero-order valence-corrected chi connectivity index (χ0v) is 12.2. The average Bonchev–Trinajstić information content (AvgIpc) is 2.40. The average molecular weight is 282 g/mol. The highest BCUT2D eigenvalue weighted by molar-refractivity contribution is 5.75. The van der Waals surface area contributed by atoms with E-state index in [-0.39, 0.29) is 24.1 Å². The summed E-state index contributed by atoms with van der Waals surface area (Å²) in [6, 6.07) is 1.19. The van der Waals surface area contributed by atoms with Crippen molar-refractivity contribution in [1.29, 1.82) is 0 Å². The van der Waals surface area contributed by atoms with Crippen LogP contribution in [-0.2, 0) is 11.3 Å². The van der Waals surface area contributed by atoms with Crippen LogP contribution in [0.2, 0.25) is 0 Å². The maximum Gasteiger partial charge on any atom is 0.270 e. The van der Waals surface area contributed by atoms with E-state index in [1.807, 2.05) is 13.8 Å². The number of hydrogen-bond donors (Lipinski definition) is 1. The minimum absolute atomic E-state index is 0.0614. The zero-order chi connectivity index (χ0) is 15.1. The minimum atomic E-state index is -0.368. The summed E-state index contributed by atoms with van der Waals surface area (Å²) in [5.41, 5.74) is 5.19. The van der Waals surface area contributed by atoms with Crippen LogP contribution in [0.5, 0.6) is 5.75 Å². The topological polar surface area (TPSA) is 90.4 Å². The van der Waals surface area contributed by atoms with Crippen LogP contribution >= 0.6 is 0 Å². The van der Waals surface area contributed by atoms with Gasteiger partial charge in [-0.1, -0.05) is 0 Å². The molecule has 112 valence electrons. The lowest BCUT2D eigenvalue weighted by atomic mass is 10.4. The van der Waals surface area contributed by atoms with Crippen LogP contribution in [0, 0.1) is 0 Å². The fourth-order valence-corrected chi connectivity index (χ4v) is 1.65. The molecular weight excluding hydrogens is 260 g/mol. The van der Waals surface area contributed by atoms with E-state index in [1.165, 1.54) is 12.3 Å². The van der Waals surface area contributed by atoms with Crippen LogP contribution in [0.3, 0.4) is 0 Å². The number of carbonyl (C=O) groups is 1. The van der Waals surface area contributed by atoms with Crippen molar-refractivity contribution in [2.24, 2.45) is 5.73 Å². The van der Waals surface area contributed by atoms with Gasteiger partial charge in [0.1, 0.15) is 18.9 Å². The van der Waals surface area contributed by atoms with Gasteiger partial charge in [-0.05, 0) is 20.8 Å². The molecular formula is C13H22N4O3. The fraction of sp³-hybridized carbons (Fsp3) is 0.615. The van der Waals surface area contributed by atoms with Crippen LogP contribution in [0.15, 0.2) is 17.1 Å². The van der Waals surface area contributed by atoms with Gasteiger partial charge < -0.3 is 15.4 Å². The van der Waals surface area contributed by atoms with Crippen molar-refractivity contribution in [3.05, 3.63) is 22.6 Å². The summed E-state index contributed by atoms with van der Waals surface area (Å²) in [7, 11) is 0. The number of ether oxygens (including phenoxy) is 1. The van der Waals surface area contributed by atoms with Crippen LogP contribution in [0.1, 0.15) is 20.8 Å². The molecule has 1 amide bonds. The summed E-state index contributed by atoms with van der Waals surface area (Å²) in [6.45, 7) is 7.05. The molecule has 7 nitrogen and oxygen atoms in total. The van der Waals surface area contributed by atoms with Crippen molar-refractivity contribution in [3.8, 4) is 5.75 Å². The molecule has 0 spiro atoms. The zero-order valence-electron chi connectivity index (χ0n) is 12.2.